The molecule has 1 unspecified atom stereocenters. The number of rotatable bonds is 5. The number of carbonyl (C=O) groups is 1. The first-order chi connectivity index (χ1) is 8.08. The maximum Gasteiger partial charge on any atom is 0.346 e. The smallest absolute Gasteiger partial charge is 0.346 e. The Balaban J connectivity index is 2.85. The molecule has 0 aliphatic carbocycles. The molecule has 0 radical (unpaired) electrons. The van der Waals surface area contributed by atoms with Gasteiger partial charge in [-0.25, -0.2) is 9.18 Å². The summed E-state index contributed by atoms with van der Waals surface area (Å²) in [5, 5.41) is 0. The van der Waals surface area contributed by atoms with Gasteiger partial charge in [-0.1, -0.05) is 0 Å². The van der Waals surface area contributed by atoms with Crippen molar-refractivity contribution in [2.45, 2.75) is 19.4 Å². The van der Waals surface area contributed by atoms with Gasteiger partial charge in [-0.2, -0.15) is 0 Å². The largest absolute Gasteiger partial charge is 0.479 e. The molecule has 1 aromatic carbocycles. The Bertz CT molecular complexity index is 395. The van der Waals surface area contributed by atoms with Gasteiger partial charge in [0.05, 0.1) is 7.11 Å². The molecule has 0 saturated heterocycles. The summed E-state index contributed by atoms with van der Waals surface area (Å²) in [6, 6.07) is 4.12. The molecule has 94 valence electrons. The maximum absolute atomic E-state index is 13.0. The monoisotopic (exact) mass is 241 g/mol. The van der Waals surface area contributed by atoms with Crippen molar-refractivity contribution in [3.63, 3.8) is 0 Å². The first-order valence-electron chi connectivity index (χ1n) is 5.31. The van der Waals surface area contributed by atoms with Crippen LogP contribution in [0.15, 0.2) is 18.2 Å². The Labute approximate surface area is 99.5 Å². The lowest BCUT2D eigenvalue weighted by Crippen LogP contribution is -2.25. The van der Waals surface area contributed by atoms with Gasteiger partial charge in [-0.05, 0) is 43.7 Å². The summed E-state index contributed by atoms with van der Waals surface area (Å²) >= 11 is 0. The zero-order chi connectivity index (χ0) is 12.8. The van der Waals surface area contributed by atoms with Crippen LogP contribution in [-0.2, 0) is 16.0 Å². The van der Waals surface area contributed by atoms with E-state index < -0.39 is 12.1 Å². The first kappa shape index (κ1) is 13.4. The van der Waals surface area contributed by atoms with Crippen molar-refractivity contribution < 1.29 is 18.7 Å². The van der Waals surface area contributed by atoms with Crippen molar-refractivity contribution >= 4 is 5.97 Å². The Morgan fingerprint density at radius 1 is 1.53 bits per heavy atom. The SMILES string of the molecule is COC(=O)C(C)Oc1ccc(F)cc1CCN. The number of benzene rings is 1. The van der Waals surface area contributed by atoms with E-state index in [0.29, 0.717) is 24.3 Å². The van der Waals surface area contributed by atoms with Crippen LogP contribution in [0.4, 0.5) is 4.39 Å². The molecule has 0 spiro atoms. The molecule has 0 bridgehead atoms. The van der Waals surface area contributed by atoms with E-state index in [2.05, 4.69) is 4.74 Å². The zero-order valence-electron chi connectivity index (χ0n) is 9.90. The Morgan fingerprint density at radius 3 is 2.82 bits per heavy atom. The van der Waals surface area contributed by atoms with Gasteiger partial charge in [0.1, 0.15) is 11.6 Å². The lowest BCUT2D eigenvalue weighted by atomic mass is 10.1. The molecule has 0 aromatic heterocycles. The quantitative estimate of drug-likeness (QED) is 0.788. The fourth-order valence-electron chi connectivity index (χ4n) is 1.42. The van der Waals surface area contributed by atoms with E-state index >= 15 is 0 Å². The van der Waals surface area contributed by atoms with Crippen molar-refractivity contribution in [2.24, 2.45) is 5.73 Å². The Kier molecular flexibility index (Phi) is 4.90. The summed E-state index contributed by atoms with van der Waals surface area (Å²) in [7, 11) is 1.29. The van der Waals surface area contributed by atoms with Crippen LogP contribution in [0.3, 0.4) is 0 Å². The van der Waals surface area contributed by atoms with E-state index in [1.54, 1.807) is 6.92 Å². The van der Waals surface area contributed by atoms with Gasteiger partial charge in [0.2, 0.25) is 0 Å². The number of carbonyl (C=O) groups excluding carboxylic acids is 1. The fraction of sp³-hybridized carbons (Fsp3) is 0.417. The van der Waals surface area contributed by atoms with Crippen LogP contribution < -0.4 is 10.5 Å². The predicted octanol–water partition coefficient (Wildman–Crippen LogP) is 1.27. The Hall–Kier alpha value is -1.62. The topological polar surface area (TPSA) is 61.5 Å². The number of methoxy groups -OCH3 is 1. The lowest BCUT2D eigenvalue weighted by molar-refractivity contribution is -0.147. The predicted molar refractivity (Wildman–Crippen MR) is 61.3 cm³/mol. The van der Waals surface area contributed by atoms with Gasteiger partial charge in [-0.15, -0.1) is 0 Å². The van der Waals surface area contributed by atoms with Gasteiger partial charge in [-0.3, -0.25) is 0 Å². The minimum Gasteiger partial charge on any atom is -0.479 e. The van der Waals surface area contributed by atoms with Gasteiger partial charge in [0, 0.05) is 0 Å². The second-order valence-corrected chi connectivity index (χ2v) is 3.57. The molecule has 1 rings (SSSR count). The molecular weight excluding hydrogens is 225 g/mol. The molecule has 5 heteroatoms. The van der Waals surface area contributed by atoms with Crippen molar-refractivity contribution in [2.75, 3.05) is 13.7 Å². The van der Waals surface area contributed by atoms with Crippen LogP contribution in [-0.4, -0.2) is 25.7 Å². The molecule has 4 nitrogen and oxygen atoms in total. The molecule has 17 heavy (non-hydrogen) atoms. The highest BCUT2D eigenvalue weighted by Crippen LogP contribution is 2.21. The number of nitrogens with two attached hydrogens (primary N) is 1. The third-order valence-corrected chi connectivity index (χ3v) is 2.27. The summed E-state index contributed by atoms with van der Waals surface area (Å²) in [4.78, 5) is 11.2. The number of esters is 1. The number of halogens is 1. The molecule has 0 heterocycles. The molecule has 0 aliphatic rings. The van der Waals surface area contributed by atoms with Crippen LogP contribution in [0.5, 0.6) is 5.75 Å². The second-order valence-electron chi connectivity index (χ2n) is 3.57. The second kappa shape index (κ2) is 6.20. The molecular formula is C12H16FNO3. The summed E-state index contributed by atoms with van der Waals surface area (Å²) in [6.45, 7) is 1.95. The summed E-state index contributed by atoms with van der Waals surface area (Å²) in [6.07, 6.45) is -0.247. The lowest BCUT2D eigenvalue weighted by Gasteiger charge is -2.15. The van der Waals surface area contributed by atoms with Crippen LogP contribution in [0.2, 0.25) is 0 Å². The van der Waals surface area contributed by atoms with E-state index in [1.165, 1.54) is 25.3 Å². The summed E-state index contributed by atoms with van der Waals surface area (Å²) < 4.78 is 23.0. The van der Waals surface area contributed by atoms with Crippen LogP contribution in [0.1, 0.15) is 12.5 Å². The van der Waals surface area contributed by atoms with E-state index in [9.17, 15) is 9.18 Å². The molecule has 0 fully saturated rings. The molecule has 0 aliphatic heterocycles. The highest BCUT2D eigenvalue weighted by molar-refractivity contribution is 5.74. The molecule has 1 atom stereocenters. The average Bonchev–Trinajstić information content (AvgIpc) is 2.31. The minimum atomic E-state index is -0.734. The number of hydrogen-bond donors (Lipinski definition) is 1. The summed E-state index contributed by atoms with van der Waals surface area (Å²) in [5.74, 6) is -0.380. The standard InChI is InChI=1S/C12H16FNO3/c1-8(12(15)16-2)17-11-4-3-10(13)7-9(11)5-6-14/h3-4,7-8H,5-6,14H2,1-2H3. The Morgan fingerprint density at radius 2 is 2.24 bits per heavy atom. The fourth-order valence-corrected chi connectivity index (χ4v) is 1.42. The highest BCUT2D eigenvalue weighted by atomic mass is 19.1. The summed E-state index contributed by atoms with van der Waals surface area (Å²) in [5.41, 5.74) is 6.07. The number of ether oxygens (including phenoxy) is 2. The van der Waals surface area contributed by atoms with E-state index in [4.69, 9.17) is 10.5 Å². The molecule has 1 aromatic rings. The van der Waals surface area contributed by atoms with E-state index in [-0.39, 0.29) is 5.82 Å². The van der Waals surface area contributed by atoms with Crippen LogP contribution in [0, 0.1) is 5.82 Å². The third kappa shape index (κ3) is 3.71. The minimum absolute atomic E-state index is 0.355. The maximum atomic E-state index is 13.0. The van der Waals surface area contributed by atoms with Crippen LogP contribution in [0.25, 0.3) is 0 Å². The molecule has 0 amide bonds. The average molecular weight is 241 g/mol. The van der Waals surface area contributed by atoms with Gasteiger partial charge in [0.25, 0.3) is 0 Å². The van der Waals surface area contributed by atoms with E-state index in [0.717, 1.165) is 0 Å². The van der Waals surface area contributed by atoms with Gasteiger partial charge >= 0.3 is 5.97 Å². The van der Waals surface area contributed by atoms with E-state index in [1.807, 2.05) is 0 Å². The van der Waals surface area contributed by atoms with Crippen molar-refractivity contribution in [1.29, 1.82) is 0 Å². The van der Waals surface area contributed by atoms with Crippen LogP contribution >= 0.6 is 0 Å². The van der Waals surface area contributed by atoms with Crippen molar-refractivity contribution in [3.05, 3.63) is 29.6 Å². The number of hydrogen-bond acceptors (Lipinski definition) is 4. The van der Waals surface area contributed by atoms with Crippen molar-refractivity contribution in [3.8, 4) is 5.75 Å². The normalized spacial score (nSPS) is 12.0. The van der Waals surface area contributed by atoms with Gasteiger partial charge in [0.15, 0.2) is 6.10 Å². The molecule has 0 saturated carbocycles. The third-order valence-electron chi connectivity index (χ3n) is 2.27. The van der Waals surface area contributed by atoms with Crippen molar-refractivity contribution in [1.82, 2.24) is 0 Å². The molecule has 2 N–H and O–H groups in total. The zero-order valence-corrected chi connectivity index (χ0v) is 9.90. The highest BCUT2D eigenvalue weighted by Gasteiger charge is 2.16. The van der Waals surface area contributed by atoms with Gasteiger partial charge < -0.3 is 15.2 Å². The first-order valence-corrected chi connectivity index (χ1v) is 5.31.